The average Bonchev–Trinajstić information content (AvgIpc) is 2.34. The lowest BCUT2D eigenvalue weighted by atomic mass is 9.98. The van der Waals surface area contributed by atoms with Crippen LogP contribution in [-0.2, 0) is 9.53 Å². The molecule has 0 N–H and O–H groups in total. The number of carbonyl (C=O) groups excluding carboxylic acids is 2. The SMILES string of the molecule is Cc1ccccc1C(CC=O)N(C)C(=O)OC(C)(C)C. The van der Waals surface area contributed by atoms with E-state index in [0.29, 0.717) is 0 Å². The maximum absolute atomic E-state index is 12.1. The van der Waals surface area contributed by atoms with Crippen molar-refractivity contribution in [3.8, 4) is 0 Å². The van der Waals surface area contributed by atoms with Gasteiger partial charge in [0, 0.05) is 13.5 Å². The van der Waals surface area contributed by atoms with Crippen molar-refractivity contribution in [3.05, 3.63) is 35.4 Å². The highest BCUT2D eigenvalue weighted by atomic mass is 16.6. The normalized spacial score (nSPS) is 12.7. The van der Waals surface area contributed by atoms with Crippen LogP contribution in [0.5, 0.6) is 0 Å². The summed E-state index contributed by atoms with van der Waals surface area (Å²) in [4.78, 5) is 24.6. The van der Waals surface area contributed by atoms with Gasteiger partial charge in [0.25, 0.3) is 0 Å². The van der Waals surface area contributed by atoms with Crippen LogP contribution in [0, 0.1) is 6.92 Å². The number of hydrogen-bond donors (Lipinski definition) is 0. The molecule has 4 heteroatoms. The molecule has 0 heterocycles. The highest BCUT2D eigenvalue weighted by molar-refractivity contribution is 5.69. The molecular formula is C16H23NO3. The second kappa shape index (κ2) is 6.55. The van der Waals surface area contributed by atoms with Crippen molar-refractivity contribution in [2.75, 3.05) is 7.05 Å². The summed E-state index contributed by atoms with van der Waals surface area (Å²) in [7, 11) is 1.66. The van der Waals surface area contributed by atoms with E-state index in [-0.39, 0.29) is 12.5 Å². The van der Waals surface area contributed by atoms with Gasteiger partial charge in [-0.3, -0.25) is 0 Å². The number of ether oxygens (including phenoxy) is 1. The third-order valence-corrected chi connectivity index (χ3v) is 3.02. The van der Waals surface area contributed by atoms with Gasteiger partial charge < -0.3 is 14.4 Å². The number of nitrogens with zero attached hydrogens (tertiary/aromatic N) is 1. The van der Waals surface area contributed by atoms with Crippen molar-refractivity contribution in [1.29, 1.82) is 0 Å². The Morgan fingerprint density at radius 2 is 1.95 bits per heavy atom. The molecule has 1 unspecified atom stereocenters. The molecule has 4 nitrogen and oxygen atoms in total. The Bertz CT molecular complexity index is 477. The van der Waals surface area contributed by atoms with Crippen LogP contribution in [0.4, 0.5) is 4.79 Å². The van der Waals surface area contributed by atoms with E-state index in [4.69, 9.17) is 4.74 Å². The van der Waals surface area contributed by atoms with Gasteiger partial charge in [-0.2, -0.15) is 0 Å². The van der Waals surface area contributed by atoms with Crippen LogP contribution in [-0.4, -0.2) is 29.9 Å². The van der Waals surface area contributed by atoms with Crippen molar-refractivity contribution in [2.45, 2.75) is 45.8 Å². The van der Waals surface area contributed by atoms with E-state index in [9.17, 15) is 9.59 Å². The largest absolute Gasteiger partial charge is 0.444 e. The molecule has 0 saturated carbocycles. The second-order valence-corrected chi connectivity index (χ2v) is 5.87. The number of aldehydes is 1. The minimum Gasteiger partial charge on any atom is -0.444 e. The number of aryl methyl sites for hydroxylation is 1. The summed E-state index contributed by atoms with van der Waals surface area (Å²) in [6.07, 6.45) is 0.658. The Morgan fingerprint density at radius 3 is 2.45 bits per heavy atom. The molecule has 0 spiro atoms. The summed E-state index contributed by atoms with van der Waals surface area (Å²) < 4.78 is 5.36. The first-order chi connectivity index (χ1) is 9.26. The van der Waals surface area contributed by atoms with Gasteiger partial charge in [0.15, 0.2) is 0 Å². The average molecular weight is 277 g/mol. The van der Waals surface area contributed by atoms with E-state index in [2.05, 4.69) is 0 Å². The van der Waals surface area contributed by atoms with Crippen LogP contribution in [0.15, 0.2) is 24.3 Å². The summed E-state index contributed by atoms with van der Waals surface area (Å²) in [6.45, 7) is 7.43. The monoisotopic (exact) mass is 277 g/mol. The zero-order valence-corrected chi connectivity index (χ0v) is 12.8. The predicted octanol–water partition coefficient (Wildman–Crippen LogP) is 3.49. The van der Waals surface area contributed by atoms with Gasteiger partial charge in [-0.15, -0.1) is 0 Å². The molecular weight excluding hydrogens is 254 g/mol. The summed E-state index contributed by atoms with van der Waals surface area (Å²) in [6, 6.07) is 7.44. The van der Waals surface area contributed by atoms with Crippen molar-refractivity contribution in [2.24, 2.45) is 0 Å². The molecule has 0 fully saturated rings. The summed E-state index contributed by atoms with van der Waals surface area (Å²) in [5, 5.41) is 0. The lowest BCUT2D eigenvalue weighted by Crippen LogP contribution is -2.37. The minimum atomic E-state index is -0.553. The number of benzene rings is 1. The molecule has 0 aliphatic carbocycles. The molecule has 110 valence electrons. The summed E-state index contributed by atoms with van der Waals surface area (Å²) >= 11 is 0. The third kappa shape index (κ3) is 4.37. The maximum Gasteiger partial charge on any atom is 0.410 e. The van der Waals surface area contributed by atoms with Crippen LogP contribution < -0.4 is 0 Å². The van der Waals surface area contributed by atoms with Crippen LogP contribution in [0.2, 0.25) is 0 Å². The molecule has 20 heavy (non-hydrogen) atoms. The first-order valence-corrected chi connectivity index (χ1v) is 6.71. The van der Waals surface area contributed by atoms with Crippen LogP contribution in [0.3, 0.4) is 0 Å². The predicted molar refractivity (Wildman–Crippen MR) is 78.6 cm³/mol. The first kappa shape index (κ1) is 16.2. The highest BCUT2D eigenvalue weighted by Crippen LogP contribution is 2.26. The van der Waals surface area contributed by atoms with Crippen LogP contribution in [0.25, 0.3) is 0 Å². The molecule has 0 aliphatic heterocycles. The van der Waals surface area contributed by atoms with E-state index in [1.54, 1.807) is 7.05 Å². The zero-order valence-electron chi connectivity index (χ0n) is 12.8. The number of amides is 1. The fraction of sp³-hybridized carbons (Fsp3) is 0.500. The number of carbonyl (C=O) groups is 2. The Balaban J connectivity index is 2.99. The van der Waals surface area contributed by atoms with Crippen molar-refractivity contribution >= 4 is 12.4 Å². The second-order valence-electron chi connectivity index (χ2n) is 5.87. The van der Waals surface area contributed by atoms with Gasteiger partial charge in [-0.25, -0.2) is 4.79 Å². The number of hydrogen-bond acceptors (Lipinski definition) is 3. The zero-order chi connectivity index (χ0) is 15.3. The first-order valence-electron chi connectivity index (χ1n) is 6.71. The van der Waals surface area contributed by atoms with E-state index in [1.807, 2.05) is 52.0 Å². The Labute approximate surface area is 120 Å². The standard InChI is InChI=1S/C16H23NO3/c1-12-8-6-7-9-13(12)14(10-11-18)17(5)15(19)20-16(2,3)4/h6-9,11,14H,10H2,1-5H3. The Kier molecular flexibility index (Phi) is 5.31. The lowest BCUT2D eigenvalue weighted by Gasteiger charge is -2.30. The molecule has 1 atom stereocenters. The van der Waals surface area contributed by atoms with Gasteiger partial charge in [0.2, 0.25) is 0 Å². The number of rotatable bonds is 4. The third-order valence-electron chi connectivity index (χ3n) is 3.02. The quantitative estimate of drug-likeness (QED) is 0.791. The Hall–Kier alpha value is -1.84. The molecule has 0 bridgehead atoms. The fourth-order valence-corrected chi connectivity index (χ4v) is 2.01. The van der Waals surface area contributed by atoms with Gasteiger partial charge in [0.05, 0.1) is 6.04 Å². The van der Waals surface area contributed by atoms with Gasteiger partial charge >= 0.3 is 6.09 Å². The van der Waals surface area contributed by atoms with Crippen LogP contribution in [0.1, 0.15) is 44.4 Å². The molecule has 0 aliphatic rings. The molecule has 0 radical (unpaired) electrons. The van der Waals surface area contributed by atoms with Gasteiger partial charge in [-0.1, -0.05) is 24.3 Å². The van der Waals surface area contributed by atoms with Crippen molar-refractivity contribution in [3.63, 3.8) is 0 Å². The highest BCUT2D eigenvalue weighted by Gasteiger charge is 2.26. The minimum absolute atomic E-state index is 0.251. The Morgan fingerprint density at radius 1 is 1.35 bits per heavy atom. The molecule has 1 rings (SSSR count). The maximum atomic E-state index is 12.1. The smallest absolute Gasteiger partial charge is 0.410 e. The topological polar surface area (TPSA) is 46.6 Å². The van der Waals surface area contributed by atoms with Crippen LogP contribution >= 0.6 is 0 Å². The molecule has 1 aromatic carbocycles. The van der Waals surface area contributed by atoms with E-state index in [1.165, 1.54) is 4.90 Å². The van der Waals surface area contributed by atoms with Gasteiger partial charge in [-0.05, 0) is 38.8 Å². The van der Waals surface area contributed by atoms with E-state index in [0.717, 1.165) is 17.4 Å². The summed E-state index contributed by atoms with van der Waals surface area (Å²) in [5.74, 6) is 0. The van der Waals surface area contributed by atoms with E-state index < -0.39 is 11.7 Å². The van der Waals surface area contributed by atoms with E-state index >= 15 is 0 Å². The fourth-order valence-electron chi connectivity index (χ4n) is 2.01. The molecule has 0 aromatic heterocycles. The molecule has 1 amide bonds. The van der Waals surface area contributed by atoms with Gasteiger partial charge in [0.1, 0.15) is 11.9 Å². The summed E-state index contributed by atoms with van der Waals surface area (Å²) in [5.41, 5.74) is 1.46. The van der Waals surface area contributed by atoms with Crippen molar-refractivity contribution in [1.82, 2.24) is 4.90 Å². The molecule has 0 saturated heterocycles. The molecule has 1 aromatic rings. The lowest BCUT2D eigenvalue weighted by molar-refractivity contribution is -0.108. The van der Waals surface area contributed by atoms with Crippen molar-refractivity contribution < 1.29 is 14.3 Å².